The van der Waals surface area contributed by atoms with E-state index in [1.807, 2.05) is 12.1 Å². The molecule has 0 aliphatic carbocycles. The summed E-state index contributed by atoms with van der Waals surface area (Å²) in [4.78, 5) is 10.9. The first kappa shape index (κ1) is 17.6. The van der Waals surface area contributed by atoms with E-state index in [2.05, 4.69) is 53.0 Å². The Kier molecular flexibility index (Phi) is 6.70. The molecule has 23 heavy (non-hydrogen) atoms. The zero-order valence-electron chi connectivity index (χ0n) is 13.3. The number of nitrogens with one attached hydrogen (secondary N) is 1. The van der Waals surface area contributed by atoms with Crippen molar-refractivity contribution in [1.82, 2.24) is 0 Å². The van der Waals surface area contributed by atoms with E-state index >= 15 is 0 Å². The van der Waals surface area contributed by atoms with Crippen LogP contribution in [-0.4, -0.2) is 12.6 Å². The molecule has 0 aliphatic rings. The molecule has 0 aromatic heterocycles. The lowest BCUT2D eigenvalue weighted by Crippen LogP contribution is -2.05. The minimum atomic E-state index is -0.317. The van der Waals surface area contributed by atoms with Gasteiger partial charge in [0, 0.05) is 28.3 Å². The van der Waals surface area contributed by atoms with Crippen LogP contribution in [0, 0.1) is 3.57 Å². The molecule has 0 bridgehead atoms. The number of hydrogen-bond donors (Lipinski definition) is 1. The van der Waals surface area contributed by atoms with Crippen LogP contribution in [0.5, 0.6) is 11.5 Å². The topological polar surface area (TPSA) is 47.6 Å². The average molecular weight is 425 g/mol. The van der Waals surface area contributed by atoms with Crippen LogP contribution < -0.4 is 14.8 Å². The largest absolute Gasteiger partial charge is 0.493 e. The third-order valence-corrected chi connectivity index (χ3v) is 3.76. The zero-order chi connectivity index (χ0) is 16.7. The number of halogens is 1. The molecule has 1 N–H and O–H groups in total. The Morgan fingerprint density at radius 3 is 2.57 bits per heavy atom. The number of ether oxygens (including phenoxy) is 2. The van der Waals surface area contributed by atoms with Crippen LogP contribution in [0.4, 0.5) is 5.69 Å². The number of carbonyl (C=O) groups is 1. The van der Waals surface area contributed by atoms with Crippen molar-refractivity contribution in [3.05, 3.63) is 51.6 Å². The second-order valence-electron chi connectivity index (χ2n) is 5.07. The summed E-state index contributed by atoms with van der Waals surface area (Å²) in [6.07, 6.45) is 0.982. The Bertz CT molecular complexity index is 656. The van der Waals surface area contributed by atoms with Crippen molar-refractivity contribution in [2.45, 2.75) is 26.8 Å². The van der Waals surface area contributed by atoms with E-state index in [0.29, 0.717) is 18.9 Å². The van der Waals surface area contributed by atoms with E-state index in [1.165, 1.54) is 6.92 Å². The molecule has 4 nitrogen and oxygen atoms in total. The van der Waals surface area contributed by atoms with Crippen LogP contribution in [0.1, 0.15) is 25.8 Å². The van der Waals surface area contributed by atoms with Crippen LogP contribution in [0.3, 0.4) is 0 Å². The Hall–Kier alpha value is -1.76. The van der Waals surface area contributed by atoms with Crippen molar-refractivity contribution in [2.24, 2.45) is 0 Å². The van der Waals surface area contributed by atoms with Crippen LogP contribution >= 0.6 is 22.6 Å². The monoisotopic (exact) mass is 425 g/mol. The minimum absolute atomic E-state index is 0.317. The molecule has 122 valence electrons. The van der Waals surface area contributed by atoms with Gasteiger partial charge >= 0.3 is 5.97 Å². The molecule has 0 amide bonds. The van der Waals surface area contributed by atoms with Crippen molar-refractivity contribution >= 4 is 34.2 Å². The smallest absolute Gasteiger partial charge is 0.308 e. The predicted molar refractivity (Wildman–Crippen MR) is 100 cm³/mol. The Labute approximate surface area is 150 Å². The second-order valence-corrected chi connectivity index (χ2v) is 6.32. The Morgan fingerprint density at radius 2 is 1.91 bits per heavy atom. The first-order valence-electron chi connectivity index (χ1n) is 7.52. The van der Waals surface area contributed by atoms with Gasteiger partial charge in [0.25, 0.3) is 0 Å². The summed E-state index contributed by atoms with van der Waals surface area (Å²) in [5, 5.41) is 3.35. The van der Waals surface area contributed by atoms with Crippen molar-refractivity contribution in [3.63, 3.8) is 0 Å². The maximum Gasteiger partial charge on any atom is 0.308 e. The first-order chi connectivity index (χ1) is 11.1. The quantitative estimate of drug-likeness (QED) is 0.400. The number of esters is 1. The number of anilines is 1. The van der Waals surface area contributed by atoms with Gasteiger partial charge in [-0.3, -0.25) is 4.79 Å². The highest BCUT2D eigenvalue weighted by atomic mass is 127. The van der Waals surface area contributed by atoms with Gasteiger partial charge in [0.05, 0.1) is 6.61 Å². The highest BCUT2D eigenvalue weighted by Crippen LogP contribution is 2.24. The first-order valence-corrected chi connectivity index (χ1v) is 8.60. The molecule has 0 saturated carbocycles. The van der Waals surface area contributed by atoms with Crippen molar-refractivity contribution < 1.29 is 14.3 Å². The highest BCUT2D eigenvalue weighted by Gasteiger charge is 2.05. The van der Waals surface area contributed by atoms with E-state index in [4.69, 9.17) is 9.47 Å². The molecule has 2 rings (SSSR count). The summed E-state index contributed by atoms with van der Waals surface area (Å²) >= 11 is 2.28. The van der Waals surface area contributed by atoms with Crippen molar-refractivity contribution in [3.8, 4) is 11.5 Å². The third-order valence-electron chi connectivity index (χ3n) is 3.09. The van der Waals surface area contributed by atoms with E-state index < -0.39 is 0 Å². The van der Waals surface area contributed by atoms with E-state index in [-0.39, 0.29) is 5.97 Å². The van der Waals surface area contributed by atoms with Crippen LogP contribution in [0.15, 0.2) is 42.5 Å². The molecule has 0 spiro atoms. The van der Waals surface area contributed by atoms with Gasteiger partial charge in [0.15, 0.2) is 0 Å². The molecule has 2 aromatic rings. The maximum atomic E-state index is 10.9. The molecule has 0 atom stereocenters. The molecular weight excluding hydrogens is 405 g/mol. The van der Waals surface area contributed by atoms with Gasteiger partial charge in [-0.2, -0.15) is 0 Å². The summed E-state index contributed by atoms with van der Waals surface area (Å²) < 4.78 is 12.0. The molecule has 5 heteroatoms. The standard InChI is InChI=1S/C18H20INO3/c1-3-10-22-18-11-15(19)5-4-14(18)12-20-16-6-8-17(9-7-16)23-13(2)21/h4-9,11,20H,3,10,12H2,1-2H3. The van der Waals surface area contributed by atoms with Crippen molar-refractivity contribution in [2.75, 3.05) is 11.9 Å². The van der Waals surface area contributed by atoms with Crippen LogP contribution in [-0.2, 0) is 11.3 Å². The van der Waals surface area contributed by atoms with Gasteiger partial charge in [-0.05, 0) is 65.4 Å². The summed E-state index contributed by atoms with van der Waals surface area (Å²) in [6.45, 7) is 4.87. The molecule has 0 heterocycles. The van der Waals surface area contributed by atoms with E-state index in [1.54, 1.807) is 12.1 Å². The lowest BCUT2D eigenvalue weighted by atomic mass is 10.2. The molecule has 0 unspecified atom stereocenters. The molecule has 2 aromatic carbocycles. The van der Waals surface area contributed by atoms with Gasteiger partial charge in [0.2, 0.25) is 0 Å². The molecule has 0 saturated heterocycles. The average Bonchev–Trinajstić information content (AvgIpc) is 2.53. The summed E-state index contributed by atoms with van der Waals surface area (Å²) in [5.41, 5.74) is 2.07. The number of hydrogen-bond acceptors (Lipinski definition) is 4. The normalized spacial score (nSPS) is 10.2. The fourth-order valence-electron chi connectivity index (χ4n) is 2.02. The Balaban J connectivity index is 2.01. The third kappa shape index (κ3) is 5.74. The van der Waals surface area contributed by atoms with Gasteiger partial charge in [-0.15, -0.1) is 0 Å². The fourth-order valence-corrected chi connectivity index (χ4v) is 2.49. The van der Waals surface area contributed by atoms with Crippen LogP contribution in [0.2, 0.25) is 0 Å². The van der Waals surface area contributed by atoms with Gasteiger partial charge in [-0.1, -0.05) is 13.0 Å². The van der Waals surface area contributed by atoms with Crippen molar-refractivity contribution in [1.29, 1.82) is 0 Å². The molecule has 0 aliphatic heterocycles. The van der Waals surface area contributed by atoms with Crippen LogP contribution in [0.25, 0.3) is 0 Å². The molecule has 0 fully saturated rings. The lowest BCUT2D eigenvalue weighted by Gasteiger charge is -2.13. The second kappa shape index (κ2) is 8.76. The van der Waals surface area contributed by atoms with Gasteiger partial charge in [0.1, 0.15) is 11.5 Å². The Morgan fingerprint density at radius 1 is 1.17 bits per heavy atom. The maximum absolute atomic E-state index is 10.9. The van der Waals surface area contributed by atoms with E-state index in [9.17, 15) is 4.79 Å². The van der Waals surface area contributed by atoms with E-state index in [0.717, 1.165) is 27.0 Å². The fraction of sp³-hybridized carbons (Fsp3) is 0.278. The minimum Gasteiger partial charge on any atom is -0.493 e. The predicted octanol–water partition coefficient (Wildman–Crippen LogP) is 4.62. The summed E-state index contributed by atoms with van der Waals surface area (Å²) in [7, 11) is 0. The van der Waals surface area contributed by atoms with Gasteiger partial charge < -0.3 is 14.8 Å². The summed E-state index contributed by atoms with van der Waals surface area (Å²) in [5.74, 6) is 1.15. The SMILES string of the molecule is CCCOc1cc(I)ccc1CNc1ccc(OC(C)=O)cc1. The molecule has 0 radical (unpaired) electrons. The number of benzene rings is 2. The number of carbonyl (C=O) groups excluding carboxylic acids is 1. The number of rotatable bonds is 7. The highest BCUT2D eigenvalue weighted by molar-refractivity contribution is 14.1. The zero-order valence-corrected chi connectivity index (χ0v) is 15.4. The summed E-state index contributed by atoms with van der Waals surface area (Å²) in [6, 6.07) is 13.5. The molecular formula is C18H20INO3. The van der Waals surface area contributed by atoms with Gasteiger partial charge in [-0.25, -0.2) is 0 Å². The lowest BCUT2D eigenvalue weighted by molar-refractivity contribution is -0.131.